The Morgan fingerprint density at radius 3 is 2.53 bits per heavy atom. The van der Waals surface area contributed by atoms with Gasteiger partial charge in [0, 0.05) is 31.5 Å². The maximum Gasteiger partial charge on any atom is 0.145 e. The smallest absolute Gasteiger partial charge is 0.145 e. The van der Waals surface area contributed by atoms with E-state index in [9.17, 15) is 0 Å². The summed E-state index contributed by atoms with van der Waals surface area (Å²) in [6.45, 7) is 8.58. The van der Waals surface area contributed by atoms with Crippen LogP contribution in [0.5, 0.6) is 11.5 Å². The zero-order valence-electron chi connectivity index (χ0n) is 20.4. The number of ether oxygens (including phenoxy) is 3. The summed E-state index contributed by atoms with van der Waals surface area (Å²) in [5, 5.41) is 3.54. The molecule has 1 fully saturated rings. The van der Waals surface area contributed by atoms with E-state index in [0.29, 0.717) is 6.61 Å². The number of pyridine rings is 1. The molecule has 3 aromatic rings. The number of hydrogen-bond donors (Lipinski definition) is 1. The summed E-state index contributed by atoms with van der Waals surface area (Å²) in [6.07, 6.45) is 1.32. The quantitative estimate of drug-likeness (QED) is 0.371. The Morgan fingerprint density at radius 1 is 1.09 bits per heavy atom. The fourth-order valence-corrected chi connectivity index (χ4v) is 4.70. The first kappa shape index (κ1) is 24.4. The SMILES string of the molecule is COc1ccc(COc2ccc(C)c(Nc3nc(C)c(N4CC[C@H](OC)C4)cc3Br)c2C)cc1. The second-order valence-corrected chi connectivity index (χ2v) is 9.51. The van der Waals surface area contributed by atoms with Gasteiger partial charge in [0.15, 0.2) is 0 Å². The average molecular weight is 526 g/mol. The highest BCUT2D eigenvalue weighted by Crippen LogP contribution is 2.36. The van der Waals surface area contributed by atoms with Crippen LogP contribution in [-0.2, 0) is 11.3 Å². The molecule has 0 amide bonds. The van der Waals surface area contributed by atoms with Crippen molar-refractivity contribution in [2.75, 3.05) is 37.5 Å². The van der Waals surface area contributed by atoms with E-state index in [1.807, 2.05) is 30.3 Å². The molecule has 0 bridgehead atoms. The Labute approximate surface area is 210 Å². The summed E-state index contributed by atoms with van der Waals surface area (Å²) in [7, 11) is 3.45. The zero-order chi connectivity index (χ0) is 24.2. The molecule has 6 nitrogen and oxygen atoms in total. The van der Waals surface area contributed by atoms with Crippen molar-refractivity contribution < 1.29 is 14.2 Å². The Kier molecular flexibility index (Phi) is 7.63. The predicted molar refractivity (Wildman–Crippen MR) is 141 cm³/mol. The van der Waals surface area contributed by atoms with Gasteiger partial charge in [-0.1, -0.05) is 18.2 Å². The lowest BCUT2D eigenvalue weighted by molar-refractivity contribution is 0.121. The lowest BCUT2D eigenvalue weighted by Gasteiger charge is -2.22. The van der Waals surface area contributed by atoms with Crippen molar-refractivity contribution >= 4 is 33.1 Å². The molecule has 1 aliphatic rings. The number of rotatable bonds is 8. The first-order valence-electron chi connectivity index (χ1n) is 11.5. The van der Waals surface area contributed by atoms with Crippen LogP contribution >= 0.6 is 15.9 Å². The second-order valence-electron chi connectivity index (χ2n) is 8.66. The number of halogens is 1. The van der Waals surface area contributed by atoms with E-state index in [1.54, 1.807) is 14.2 Å². The Morgan fingerprint density at radius 2 is 1.85 bits per heavy atom. The average Bonchev–Trinajstić information content (AvgIpc) is 3.32. The number of nitrogens with zero attached hydrogens (tertiary/aromatic N) is 2. The summed E-state index contributed by atoms with van der Waals surface area (Å²) in [5.74, 6) is 2.47. The van der Waals surface area contributed by atoms with Crippen molar-refractivity contribution in [2.45, 2.75) is 39.9 Å². The molecule has 0 spiro atoms. The molecule has 2 heterocycles. The van der Waals surface area contributed by atoms with E-state index in [4.69, 9.17) is 19.2 Å². The number of nitrogens with one attached hydrogen (secondary N) is 1. The Bertz CT molecular complexity index is 1150. The van der Waals surface area contributed by atoms with Crippen molar-refractivity contribution in [1.82, 2.24) is 4.98 Å². The summed E-state index contributed by atoms with van der Waals surface area (Å²) in [5.41, 5.74) is 6.40. The highest BCUT2D eigenvalue weighted by atomic mass is 79.9. The van der Waals surface area contributed by atoms with E-state index in [2.05, 4.69) is 59.1 Å². The summed E-state index contributed by atoms with van der Waals surface area (Å²) in [4.78, 5) is 7.23. The van der Waals surface area contributed by atoms with Gasteiger partial charge >= 0.3 is 0 Å². The van der Waals surface area contributed by atoms with Gasteiger partial charge in [-0.15, -0.1) is 0 Å². The van der Waals surface area contributed by atoms with Crippen LogP contribution < -0.4 is 19.7 Å². The van der Waals surface area contributed by atoms with Crippen LogP contribution in [0.2, 0.25) is 0 Å². The monoisotopic (exact) mass is 525 g/mol. The minimum absolute atomic E-state index is 0.280. The third-order valence-electron chi connectivity index (χ3n) is 6.38. The van der Waals surface area contributed by atoms with Crippen LogP contribution in [0.15, 0.2) is 46.9 Å². The minimum atomic E-state index is 0.280. The highest BCUT2D eigenvalue weighted by molar-refractivity contribution is 9.10. The maximum absolute atomic E-state index is 6.16. The van der Waals surface area contributed by atoms with E-state index in [0.717, 1.165) is 75.1 Å². The van der Waals surface area contributed by atoms with Crippen molar-refractivity contribution in [2.24, 2.45) is 0 Å². The topological polar surface area (TPSA) is 55.9 Å². The van der Waals surface area contributed by atoms with Gasteiger partial charge < -0.3 is 24.4 Å². The number of aromatic nitrogens is 1. The molecule has 1 aliphatic heterocycles. The molecule has 0 radical (unpaired) electrons. The standard InChI is InChI=1S/C27H32BrN3O3/c1-17-6-11-25(34-16-20-7-9-21(32-4)10-8-20)18(2)26(17)30-27-23(28)14-24(19(3)29-27)31-13-12-22(15-31)33-5/h6-11,14,22H,12-13,15-16H2,1-5H3,(H,29,30)/t22-/m0/s1. The number of aryl methyl sites for hydroxylation is 2. The molecular formula is C27H32BrN3O3. The van der Waals surface area contributed by atoms with E-state index in [1.165, 1.54) is 0 Å². The van der Waals surface area contributed by atoms with Crippen molar-refractivity contribution in [1.29, 1.82) is 0 Å². The third-order valence-corrected chi connectivity index (χ3v) is 6.98. The summed E-state index contributed by atoms with van der Waals surface area (Å²) in [6, 6.07) is 14.2. The molecule has 0 saturated carbocycles. The third kappa shape index (κ3) is 5.31. The highest BCUT2D eigenvalue weighted by Gasteiger charge is 2.24. The molecule has 34 heavy (non-hydrogen) atoms. The Hall–Kier alpha value is -2.77. The van der Waals surface area contributed by atoms with Crippen LogP contribution in [0.4, 0.5) is 17.2 Å². The van der Waals surface area contributed by atoms with Gasteiger partial charge in [0.2, 0.25) is 0 Å². The van der Waals surface area contributed by atoms with Gasteiger partial charge in [-0.05, 0) is 78.5 Å². The van der Waals surface area contributed by atoms with E-state index < -0.39 is 0 Å². The lowest BCUT2D eigenvalue weighted by Crippen LogP contribution is -2.23. The van der Waals surface area contributed by atoms with E-state index in [-0.39, 0.29) is 6.10 Å². The van der Waals surface area contributed by atoms with Gasteiger partial charge in [-0.2, -0.15) is 0 Å². The minimum Gasteiger partial charge on any atom is -0.497 e. The Balaban J connectivity index is 1.52. The summed E-state index contributed by atoms with van der Waals surface area (Å²) < 4.78 is 17.8. The molecule has 1 aromatic heterocycles. The van der Waals surface area contributed by atoms with Crippen molar-refractivity contribution in [3.05, 3.63) is 69.3 Å². The molecule has 2 aromatic carbocycles. The van der Waals surface area contributed by atoms with Crippen LogP contribution in [0.3, 0.4) is 0 Å². The molecule has 180 valence electrons. The van der Waals surface area contributed by atoms with Crippen LogP contribution in [0.25, 0.3) is 0 Å². The molecule has 1 N–H and O–H groups in total. The van der Waals surface area contributed by atoms with Crippen LogP contribution in [0.1, 0.15) is 28.8 Å². The van der Waals surface area contributed by atoms with Crippen LogP contribution in [-0.4, -0.2) is 38.4 Å². The van der Waals surface area contributed by atoms with Gasteiger partial charge in [0.05, 0.1) is 29.1 Å². The molecule has 0 aliphatic carbocycles. The summed E-state index contributed by atoms with van der Waals surface area (Å²) >= 11 is 3.73. The predicted octanol–water partition coefficient (Wildman–Crippen LogP) is 6.33. The number of methoxy groups -OCH3 is 2. The molecular weight excluding hydrogens is 494 g/mol. The zero-order valence-corrected chi connectivity index (χ0v) is 22.0. The number of anilines is 3. The van der Waals surface area contributed by atoms with Crippen molar-refractivity contribution in [3.8, 4) is 11.5 Å². The second kappa shape index (κ2) is 10.7. The van der Waals surface area contributed by atoms with Crippen LogP contribution in [0, 0.1) is 20.8 Å². The van der Waals surface area contributed by atoms with E-state index >= 15 is 0 Å². The van der Waals surface area contributed by atoms with Gasteiger partial charge in [-0.25, -0.2) is 4.98 Å². The maximum atomic E-state index is 6.16. The first-order valence-corrected chi connectivity index (χ1v) is 12.3. The number of benzene rings is 2. The van der Waals surface area contributed by atoms with Crippen molar-refractivity contribution in [3.63, 3.8) is 0 Å². The van der Waals surface area contributed by atoms with Gasteiger partial charge in [0.1, 0.15) is 23.9 Å². The lowest BCUT2D eigenvalue weighted by atomic mass is 10.1. The first-order chi connectivity index (χ1) is 16.4. The fraction of sp³-hybridized carbons (Fsp3) is 0.370. The normalized spacial score (nSPS) is 15.5. The largest absolute Gasteiger partial charge is 0.497 e. The van der Waals surface area contributed by atoms with Gasteiger partial charge in [-0.3, -0.25) is 0 Å². The molecule has 0 unspecified atom stereocenters. The molecule has 4 rings (SSSR count). The molecule has 1 saturated heterocycles. The molecule has 1 atom stereocenters. The molecule has 7 heteroatoms. The number of hydrogen-bond acceptors (Lipinski definition) is 6. The van der Waals surface area contributed by atoms with Gasteiger partial charge in [0.25, 0.3) is 0 Å². The fourth-order valence-electron chi connectivity index (χ4n) is 4.30.